The van der Waals surface area contributed by atoms with Gasteiger partial charge in [0.1, 0.15) is 12.1 Å². The van der Waals surface area contributed by atoms with Crippen molar-refractivity contribution < 1.29 is 9.59 Å². The molecule has 2 aromatic rings. The molecule has 2 aliphatic rings. The monoisotopic (exact) mass is 361 g/mol. The molecule has 7 heteroatoms. The molecule has 0 spiro atoms. The van der Waals surface area contributed by atoms with Gasteiger partial charge in [0.25, 0.3) is 0 Å². The van der Waals surface area contributed by atoms with Crippen molar-refractivity contribution in [2.45, 2.75) is 19.3 Å². The Morgan fingerprint density at radius 2 is 2.00 bits per heavy atom. The van der Waals surface area contributed by atoms with Crippen LogP contribution in [-0.4, -0.2) is 44.8 Å². The molecule has 0 saturated carbocycles. The molecule has 0 unspecified atom stereocenters. The van der Waals surface area contributed by atoms with Gasteiger partial charge in [-0.25, -0.2) is 15.0 Å². The third-order valence-electron chi connectivity index (χ3n) is 4.74. The molecule has 0 aliphatic carbocycles. The van der Waals surface area contributed by atoms with Crippen molar-refractivity contribution in [3.05, 3.63) is 59.8 Å². The minimum atomic E-state index is -0.0272. The minimum Gasteiger partial charge on any atom is -0.335 e. The number of anilines is 1. The van der Waals surface area contributed by atoms with Crippen molar-refractivity contribution in [1.82, 2.24) is 19.9 Å². The molecule has 0 atom stereocenters. The summed E-state index contributed by atoms with van der Waals surface area (Å²) in [6.07, 6.45) is 14.1. The molecule has 2 aromatic heterocycles. The highest BCUT2D eigenvalue weighted by atomic mass is 16.2. The van der Waals surface area contributed by atoms with Gasteiger partial charge in [0.15, 0.2) is 0 Å². The summed E-state index contributed by atoms with van der Waals surface area (Å²) in [7, 11) is 0. The normalized spacial score (nSPS) is 16.7. The van der Waals surface area contributed by atoms with Crippen molar-refractivity contribution >= 4 is 29.3 Å². The number of rotatable bonds is 3. The van der Waals surface area contributed by atoms with Crippen LogP contribution in [-0.2, 0) is 16.0 Å². The second-order valence-electron chi connectivity index (χ2n) is 6.55. The first kappa shape index (κ1) is 17.1. The van der Waals surface area contributed by atoms with E-state index in [0.717, 1.165) is 23.1 Å². The summed E-state index contributed by atoms with van der Waals surface area (Å²) in [6, 6.07) is 1.97. The molecule has 1 N–H and O–H groups in total. The average molecular weight is 361 g/mol. The number of amides is 2. The summed E-state index contributed by atoms with van der Waals surface area (Å²) in [5.41, 5.74) is 4.03. The molecule has 4 heterocycles. The molecule has 0 fully saturated rings. The van der Waals surface area contributed by atoms with Crippen LogP contribution in [0.5, 0.6) is 0 Å². The van der Waals surface area contributed by atoms with Crippen LogP contribution in [0.1, 0.15) is 29.5 Å². The Balaban J connectivity index is 1.40. The van der Waals surface area contributed by atoms with Crippen molar-refractivity contribution in [2.75, 3.05) is 18.4 Å². The first-order chi connectivity index (χ1) is 13.2. The van der Waals surface area contributed by atoms with Crippen LogP contribution in [0.2, 0.25) is 0 Å². The maximum absolute atomic E-state index is 12.5. The molecule has 2 amide bonds. The summed E-state index contributed by atoms with van der Waals surface area (Å²) in [5.74, 6) is 0.585. The smallest absolute Gasteiger partial charge is 0.246 e. The van der Waals surface area contributed by atoms with E-state index in [0.29, 0.717) is 31.7 Å². The van der Waals surface area contributed by atoms with E-state index in [1.165, 1.54) is 11.9 Å². The Morgan fingerprint density at radius 1 is 1.15 bits per heavy atom. The fourth-order valence-corrected chi connectivity index (χ4v) is 3.24. The van der Waals surface area contributed by atoms with Gasteiger partial charge in [-0.2, -0.15) is 0 Å². The van der Waals surface area contributed by atoms with Crippen LogP contribution in [0, 0.1) is 0 Å². The van der Waals surface area contributed by atoms with Crippen molar-refractivity contribution in [3.8, 4) is 0 Å². The minimum absolute atomic E-state index is 0.00643. The number of hydrogen-bond acceptors (Lipinski definition) is 5. The van der Waals surface area contributed by atoms with Gasteiger partial charge in [0, 0.05) is 49.7 Å². The number of carbonyl (C=O) groups excluding carboxylic acids is 2. The van der Waals surface area contributed by atoms with Gasteiger partial charge >= 0.3 is 0 Å². The second kappa shape index (κ2) is 7.49. The fourth-order valence-electron chi connectivity index (χ4n) is 3.24. The highest BCUT2D eigenvalue weighted by Crippen LogP contribution is 2.22. The van der Waals surface area contributed by atoms with Gasteiger partial charge in [-0.1, -0.05) is 6.08 Å². The van der Waals surface area contributed by atoms with E-state index in [-0.39, 0.29) is 11.8 Å². The number of nitrogens with zero attached hydrogens (tertiary/aromatic N) is 4. The van der Waals surface area contributed by atoms with Crippen molar-refractivity contribution in [3.63, 3.8) is 0 Å². The number of aromatic nitrogens is 3. The summed E-state index contributed by atoms with van der Waals surface area (Å²) in [6.45, 7) is 1.24. The standard InChI is InChI=1S/C20H19N5O2/c26-18-3-2-16-9-14(10-23-20(16)24-18)1-4-19(27)25-7-5-15(6-8-25)17-11-21-13-22-12-17/h1,4-5,9-13H,2-3,6-8H2,(H,23,24,26). The summed E-state index contributed by atoms with van der Waals surface area (Å²) < 4.78 is 0. The average Bonchev–Trinajstić information content (AvgIpc) is 2.72. The summed E-state index contributed by atoms with van der Waals surface area (Å²) in [5, 5.41) is 2.76. The molecule has 2 aliphatic heterocycles. The predicted molar refractivity (Wildman–Crippen MR) is 101 cm³/mol. The Morgan fingerprint density at radius 3 is 2.78 bits per heavy atom. The lowest BCUT2D eigenvalue weighted by molar-refractivity contribution is -0.125. The fraction of sp³-hybridized carbons (Fsp3) is 0.250. The first-order valence-corrected chi connectivity index (χ1v) is 8.89. The van der Waals surface area contributed by atoms with Crippen LogP contribution >= 0.6 is 0 Å². The van der Waals surface area contributed by atoms with E-state index in [1.807, 2.05) is 6.07 Å². The van der Waals surface area contributed by atoms with Gasteiger partial charge in [0.2, 0.25) is 11.8 Å². The molecule has 7 nitrogen and oxygen atoms in total. The maximum atomic E-state index is 12.5. The lowest BCUT2D eigenvalue weighted by Crippen LogP contribution is -2.33. The van der Waals surface area contributed by atoms with Crippen LogP contribution < -0.4 is 5.32 Å². The van der Waals surface area contributed by atoms with Crippen LogP contribution in [0.3, 0.4) is 0 Å². The number of pyridine rings is 1. The molecule has 136 valence electrons. The van der Waals surface area contributed by atoms with Gasteiger partial charge in [0.05, 0.1) is 0 Å². The van der Waals surface area contributed by atoms with Gasteiger partial charge in [-0.3, -0.25) is 9.59 Å². The lowest BCUT2D eigenvalue weighted by atomic mass is 10.0. The Bertz CT molecular complexity index is 937. The topological polar surface area (TPSA) is 88.1 Å². The Hall–Kier alpha value is -3.35. The number of nitrogens with one attached hydrogen (secondary N) is 1. The number of aryl methyl sites for hydroxylation is 1. The van der Waals surface area contributed by atoms with Crippen molar-refractivity contribution in [1.29, 1.82) is 0 Å². The number of carbonyl (C=O) groups is 2. The van der Waals surface area contributed by atoms with E-state index in [9.17, 15) is 9.59 Å². The number of fused-ring (bicyclic) bond motifs is 1. The van der Waals surface area contributed by atoms with E-state index >= 15 is 0 Å². The molecular formula is C20H19N5O2. The summed E-state index contributed by atoms with van der Waals surface area (Å²) in [4.78, 5) is 38.0. The molecule has 27 heavy (non-hydrogen) atoms. The van der Waals surface area contributed by atoms with Gasteiger partial charge in [-0.05, 0) is 41.7 Å². The third-order valence-corrected chi connectivity index (χ3v) is 4.74. The zero-order valence-corrected chi connectivity index (χ0v) is 14.8. The Labute approximate surface area is 156 Å². The molecule has 0 radical (unpaired) electrons. The van der Waals surface area contributed by atoms with Crippen LogP contribution in [0.25, 0.3) is 11.6 Å². The van der Waals surface area contributed by atoms with E-state index in [2.05, 4.69) is 26.3 Å². The zero-order valence-electron chi connectivity index (χ0n) is 14.8. The van der Waals surface area contributed by atoms with E-state index < -0.39 is 0 Å². The second-order valence-corrected chi connectivity index (χ2v) is 6.55. The summed E-state index contributed by atoms with van der Waals surface area (Å²) >= 11 is 0. The van der Waals surface area contributed by atoms with Crippen LogP contribution in [0.4, 0.5) is 5.82 Å². The lowest BCUT2D eigenvalue weighted by Gasteiger charge is -2.25. The number of hydrogen-bond donors (Lipinski definition) is 1. The van der Waals surface area contributed by atoms with Crippen molar-refractivity contribution in [2.24, 2.45) is 0 Å². The van der Waals surface area contributed by atoms with Crippen LogP contribution in [0.15, 0.2) is 43.1 Å². The zero-order chi connectivity index (χ0) is 18.6. The Kier molecular flexibility index (Phi) is 4.74. The molecule has 0 bridgehead atoms. The van der Waals surface area contributed by atoms with Gasteiger partial charge in [-0.15, -0.1) is 0 Å². The third kappa shape index (κ3) is 3.92. The quantitative estimate of drug-likeness (QED) is 0.846. The molecule has 0 aromatic carbocycles. The SMILES string of the molecule is O=C1CCc2cc(C=CC(=O)N3CC=C(c4cncnc4)CC3)cnc2N1. The molecule has 4 rings (SSSR count). The molecular weight excluding hydrogens is 342 g/mol. The van der Waals surface area contributed by atoms with E-state index in [1.54, 1.807) is 35.6 Å². The highest BCUT2D eigenvalue weighted by Gasteiger charge is 2.17. The van der Waals surface area contributed by atoms with E-state index in [4.69, 9.17) is 0 Å². The highest BCUT2D eigenvalue weighted by molar-refractivity contribution is 5.94. The molecule has 0 saturated heterocycles. The maximum Gasteiger partial charge on any atom is 0.246 e. The van der Waals surface area contributed by atoms with Gasteiger partial charge < -0.3 is 10.2 Å². The predicted octanol–water partition coefficient (Wildman–Crippen LogP) is 2.09. The first-order valence-electron chi connectivity index (χ1n) is 8.89. The largest absolute Gasteiger partial charge is 0.335 e.